The molecule has 2 aromatic rings. The SMILES string of the molecule is CCc1nnc(NS(=O)(=O)c2ccc(F)c(F)c2)s1. The summed E-state index contributed by atoms with van der Waals surface area (Å²) in [6.07, 6.45) is 0.630. The Hall–Kier alpha value is -1.61. The number of halogens is 2. The predicted molar refractivity (Wildman–Crippen MR) is 66.5 cm³/mol. The molecule has 5 nitrogen and oxygen atoms in total. The summed E-state index contributed by atoms with van der Waals surface area (Å²) in [5.41, 5.74) is 0. The zero-order valence-electron chi connectivity index (χ0n) is 9.72. The Morgan fingerprint density at radius 2 is 2.00 bits per heavy atom. The van der Waals surface area contributed by atoms with Crippen LogP contribution in [0, 0.1) is 11.6 Å². The van der Waals surface area contributed by atoms with Gasteiger partial charge in [-0.3, -0.25) is 4.72 Å². The zero-order chi connectivity index (χ0) is 14.0. The van der Waals surface area contributed by atoms with Gasteiger partial charge in [-0.15, -0.1) is 10.2 Å². The molecule has 0 bridgehead atoms. The van der Waals surface area contributed by atoms with Crippen molar-refractivity contribution in [3.05, 3.63) is 34.8 Å². The highest BCUT2D eigenvalue weighted by atomic mass is 32.2. The average Bonchev–Trinajstić information content (AvgIpc) is 2.79. The van der Waals surface area contributed by atoms with E-state index in [2.05, 4.69) is 14.9 Å². The largest absolute Gasteiger partial charge is 0.263 e. The van der Waals surface area contributed by atoms with E-state index < -0.39 is 21.7 Å². The van der Waals surface area contributed by atoms with Crippen LogP contribution < -0.4 is 4.72 Å². The van der Waals surface area contributed by atoms with Crippen LogP contribution in [0.1, 0.15) is 11.9 Å². The van der Waals surface area contributed by atoms with Crippen LogP contribution in [0.5, 0.6) is 0 Å². The second-order valence-electron chi connectivity index (χ2n) is 3.54. The van der Waals surface area contributed by atoms with Crippen LogP contribution in [0.4, 0.5) is 13.9 Å². The van der Waals surface area contributed by atoms with Gasteiger partial charge in [0.05, 0.1) is 4.90 Å². The normalized spacial score (nSPS) is 11.5. The fourth-order valence-corrected chi connectivity index (χ4v) is 3.18. The summed E-state index contributed by atoms with van der Waals surface area (Å²) in [5, 5.41) is 8.15. The molecule has 1 aromatic heterocycles. The number of benzene rings is 1. The molecule has 0 aliphatic rings. The lowest BCUT2D eigenvalue weighted by Gasteiger charge is -2.04. The molecule has 1 N–H and O–H groups in total. The number of nitrogens with one attached hydrogen (secondary N) is 1. The summed E-state index contributed by atoms with van der Waals surface area (Å²) in [6.45, 7) is 1.86. The van der Waals surface area contributed by atoms with Crippen LogP contribution in [0.2, 0.25) is 0 Å². The molecular formula is C10H9F2N3O2S2. The van der Waals surface area contributed by atoms with Crippen molar-refractivity contribution in [2.45, 2.75) is 18.2 Å². The Kier molecular flexibility index (Phi) is 3.76. The molecule has 0 fully saturated rings. The highest BCUT2D eigenvalue weighted by Gasteiger charge is 2.18. The topological polar surface area (TPSA) is 72.0 Å². The smallest absolute Gasteiger partial charge is 0.253 e. The minimum atomic E-state index is -4.00. The van der Waals surface area contributed by atoms with Gasteiger partial charge in [0.2, 0.25) is 5.13 Å². The molecule has 19 heavy (non-hydrogen) atoms. The van der Waals surface area contributed by atoms with Gasteiger partial charge in [0.25, 0.3) is 10.0 Å². The Morgan fingerprint density at radius 1 is 1.26 bits per heavy atom. The molecule has 0 saturated heterocycles. The molecular weight excluding hydrogens is 296 g/mol. The zero-order valence-corrected chi connectivity index (χ0v) is 11.4. The van der Waals surface area contributed by atoms with E-state index >= 15 is 0 Å². The third kappa shape index (κ3) is 3.04. The van der Waals surface area contributed by atoms with Crippen molar-refractivity contribution >= 4 is 26.5 Å². The van der Waals surface area contributed by atoms with Crippen LogP contribution in [0.15, 0.2) is 23.1 Å². The molecule has 0 aliphatic heterocycles. The first kappa shape index (κ1) is 13.8. The summed E-state index contributed by atoms with van der Waals surface area (Å²) in [7, 11) is -4.00. The maximum absolute atomic E-state index is 13.0. The molecule has 0 saturated carbocycles. The van der Waals surface area contributed by atoms with E-state index in [4.69, 9.17) is 0 Å². The number of hydrogen-bond acceptors (Lipinski definition) is 5. The van der Waals surface area contributed by atoms with Crippen LogP contribution in [0.25, 0.3) is 0 Å². The third-order valence-corrected chi connectivity index (χ3v) is 4.64. The van der Waals surface area contributed by atoms with Crippen molar-refractivity contribution in [1.82, 2.24) is 10.2 Å². The molecule has 2 rings (SSSR count). The number of rotatable bonds is 4. The fourth-order valence-electron chi connectivity index (χ4n) is 1.26. The van der Waals surface area contributed by atoms with E-state index in [9.17, 15) is 17.2 Å². The predicted octanol–water partition coefficient (Wildman–Crippen LogP) is 2.18. The van der Waals surface area contributed by atoms with Gasteiger partial charge in [-0.05, 0) is 24.6 Å². The molecule has 102 valence electrons. The number of aryl methyl sites for hydroxylation is 1. The molecule has 0 atom stereocenters. The van der Waals surface area contributed by atoms with Crippen molar-refractivity contribution in [3.63, 3.8) is 0 Å². The first-order valence-corrected chi connectivity index (χ1v) is 7.52. The van der Waals surface area contributed by atoms with E-state index in [1.54, 1.807) is 0 Å². The Labute approximate surface area is 112 Å². The summed E-state index contributed by atoms with van der Waals surface area (Å²) in [4.78, 5) is -0.375. The highest BCUT2D eigenvalue weighted by Crippen LogP contribution is 2.21. The Morgan fingerprint density at radius 3 is 2.58 bits per heavy atom. The Balaban J connectivity index is 2.29. The summed E-state index contributed by atoms with van der Waals surface area (Å²) < 4.78 is 51.7. The van der Waals surface area contributed by atoms with E-state index in [-0.39, 0.29) is 10.0 Å². The quantitative estimate of drug-likeness (QED) is 0.939. The van der Waals surface area contributed by atoms with E-state index in [1.807, 2.05) is 6.92 Å². The molecule has 0 unspecified atom stereocenters. The number of nitrogens with zero attached hydrogens (tertiary/aromatic N) is 2. The number of anilines is 1. The van der Waals surface area contributed by atoms with Gasteiger partial charge in [-0.25, -0.2) is 17.2 Å². The molecule has 1 aromatic carbocycles. The van der Waals surface area contributed by atoms with Crippen molar-refractivity contribution < 1.29 is 17.2 Å². The summed E-state index contributed by atoms with van der Waals surface area (Å²) in [5.74, 6) is -2.34. The fraction of sp³-hybridized carbons (Fsp3) is 0.200. The minimum absolute atomic E-state index is 0.0848. The van der Waals surface area contributed by atoms with Crippen molar-refractivity contribution in [2.24, 2.45) is 0 Å². The molecule has 0 amide bonds. The van der Waals surface area contributed by atoms with Crippen LogP contribution in [-0.2, 0) is 16.4 Å². The Bertz CT molecular complexity index is 701. The molecule has 1 heterocycles. The molecule has 0 aliphatic carbocycles. The van der Waals surface area contributed by atoms with E-state index in [0.29, 0.717) is 17.5 Å². The molecule has 0 radical (unpaired) electrons. The van der Waals surface area contributed by atoms with E-state index in [1.165, 1.54) is 0 Å². The van der Waals surface area contributed by atoms with Crippen molar-refractivity contribution in [1.29, 1.82) is 0 Å². The second kappa shape index (κ2) is 5.17. The molecule has 9 heteroatoms. The highest BCUT2D eigenvalue weighted by molar-refractivity contribution is 7.93. The van der Waals surface area contributed by atoms with Gasteiger partial charge in [-0.1, -0.05) is 18.3 Å². The van der Waals surface area contributed by atoms with Gasteiger partial charge in [-0.2, -0.15) is 0 Å². The summed E-state index contributed by atoms with van der Waals surface area (Å²) in [6, 6.07) is 2.34. The van der Waals surface area contributed by atoms with E-state index in [0.717, 1.165) is 23.5 Å². The maximum Gasteiger partial charge on any atom is 0.263 e. The summed E-state index contributed by atoms with van der Waals surface area (Å²) >= 11 is 1.08. The lowest BCUT2D eigenvalue weighted by Crippen LogP contribution is -2.13. The number of sulfonamides is 1. The monoisotopic (exact) mass is 305 g/mol. The second-order valence-corrected chi connectivity index (χ2v) is 6.28. The molecule has 0 spiro atoms. The standard InChI is InChI=1S/C10H9F2N3O2S2/c1-2-9-13-14-10(18-9)15-19(16,17)6-3-4-7(11)8(12)5-6/h3-5H,2H2,1H3,(H,14,15). The van der Waals surface area contributed by atoms with Crippen molar-refractivity contribution in [2.75, 3.05) is 4.72 Å². The third-order valence-electron chi connectivity index (χ3n) is 2.19. The number of aromatic nitrogens is 2. The van der Waals surface area contributed by atoms with Gasteiger partial charge in [0.1, 0.15) is 5.01 Å². The minimum Gasteiger partial charge on any atom is -0.253 e. The van der Waals surface area contributed by atoms with Crippen LogP contribution in [-0.4, -0.2) is 18.6 Å². The van der Waals surface area contributed by atoms with Gasteiger partial charge in [0, 0.05) is 0 Å². The first-order chi connectivity index (χ1) is 8.92. The van der Waals surface area contributed by atoms with Gasteiger partial charge < -0.3 is 0 Å². The average molecular weight is 305 g/mol. The van der Waals surface area contributed by atoms with Crippen LogP contribution >= 0.6 is 11.3 Å². The first-order valence-electron chi connectivity index (χ1n) is 5.22. The van der Waals surface area contributed by atoms with Gasteiger partial charge in [0.15, 0.2) is 11.6 Å². The maximum atomic E-state index is 13.0. The van der Waals surface area contributed by atoms with Crippen molar-refractivity contribution in [3.8, 4) is 0 Å². The lowest BCUT2D eigenvalue weighted by molar-refractivity contribution is 0.504. The number of hydrogen-bond donors (Lipinski definition) is 1. The lowest BCUT2D eigenvalue weighted by atomic mass is 10.3. The van der Waals surface area contributed by atoms with Gasteiger partial charge >= 0.3 is 0 Å². The van der Waals surface area contributed by atoms with Crippen LogP contribution in [0.3, 0.4) is 0 Å².